The van der Waals surface area contributed by atoms with E-state index < -0.39 is 22.5 Å². The van der Waals surface area contributed by atoms with Crippen LogP contribution in [0.25, 0.3) is 10.6 Å². The maximum atomic E-state index is 13.6. The van der Waals surface area contributed by atoms with Crippen molar-refractivity contribution in [2.24, 2.45) is 0 Å². The van der Waals surface area contributed by atoms with Crippen molar-refractivity contribution in [2.75, 3.05) is 16.2 Å². The topological polar surface area (TPSA) is 92.3 Å². The molecule has 1 amide bonds. The second kappa shape index (κ2) is 10.3. The molecule has 180 valence electrons. The molecular formula is C24H20Cl2N4O3S2. The van der Waals surface area contributed by atoms with Crippen molar-refractivity contribution in [1.82, 2.24) is 10.2 Å². The molecule has 0 unspecified atom stereocenters. The van der Waals surface area contributed by atoms with Crippen LogP contribution in [-0.4, -0.2) is 31.1 Å². The average Bonchev–Trinajstić information content (AvgIpc) is 3.27. The minimum Gasteiger partial charge on any atom is -0.299 e. The maximum absolute atomic E-state index is 13.6. The molecule has 0 radical (unpaired) electrons. The first-order chi connectivity index (χ1) is 16.6. The fraction of sp³-hybridized carbons (Fsp3) is 0.125. The first-order valence-electron chi connectivity index (χ1n) is 10.4. The van der Waals surface area contributed by atoms with E-state index in [0.717, 1.165) is 15.4 Å². The Kier molecular flexibility index (Phi) is 7.42. The van der Waals surface area contributed by atoms with Gasteiger partial charge in [-0.05, 0) is 61.9 Å². The number of amides is 1. The van der Waals surface area contributed by atoms with Gasteiger partial charge in [-0.15, -0.1) is 10.2 Å². The molecule has 3 aromatic carbocycles. The van der Waals surface area contributed by atoms with Crippen LogP contribution in [0.1, 0.15) is 11.1 Å². The Morgan fingerprint density at radius 1 is 0.943 bits per heavy atom. The zero-order valence-corrected chi connectivity index (χ0v) is 21.8. The van der Waals surface area contributed by atoms with E-state index in [1.807, 2.05) is 6.92 Å². The Labute approximate surface area is 217 Å². The molecule has 1 aromatic heterocycles. The van der Waals surface area contributed by atoms with E-state index in [1.165, 1.54) is 23.5 Å². The highest BCUT2D eigenvalue weighted by molar-refractivity contribution is 7.92. The van der Waals surface area contributed by atoms with E-state index >= 15 is 0 Å². The molecule has 0 aliphatic heterocycles. The molecule has 7 nitrogen and oxygen atoms in total. The lowest BCUT2D eigenvalue weighted by molar-refractivity contribution is -0.114. The third-order valence-corrected chi connectivity index (χ3v) is 8.24. The number of halogens is 2. The van der Waals surface area contributed by atoms with Gasteiger partial charge in [-0.25, -0.2) is 8.42 Å². The second-order valence-corrected chi connectivity index (χ2v) is 11.4. The maximum Gasteiger partial charge on any atom is 0.264 e. The number of hydrogen-bond donors (Lipinski definition) is 1. The summed E-state index contributed by atoms with van der Waals surface area (Å²) in [5.74, 6) is -0.561. The number of carbonyl (C=O) groups is 1. The largest absolute Gasteiger partial charge is 0.299 e. The highest BCUT2D eigenvalue weighted by atomic mass is 35.5. The molecular weight excluding hydrogens is 527 g/mol. The Morgan fingerprint density at radius 3 is 2.26 bits per heavy atom. The van der Waals surface area contributed by atoms with Gasteiger partial charge in [0, 0.05) is 15.6 Å². The Balaban J connectivity index is 1.61. The summed E-state index contributed by atoms with van der Waals surface area (Å²) < 4.78 is 28.2. The second-order valence-electron chi connectivity index (χ2n) is 7.72. The van der Waals surface area contributed by atoms with Crippen LogP contribution < -0.4 is 9.62 Å². The van der Waals surface area contributed by atoms with Gasteiger partial charge in [0.05, 0.1) is 10.6 Å². The molecule has 0 fully saturated rings. The molecule has 0 bridgehead atoms. The highest BCUT2D eigenvalue weighted by Gasteiger charge is 2.28. The number of benzene rings is 3. The average molecular weight is 547 g/mol. The van der Waals surface area contributed by atoms with Gasteiger partial charge in [-0.3, -0.25) is 14.4 Å². The smallest absolute Gasteiger partial charge is 0.264 e. The lowest BCUT2D eigenvalue weighted by Gasteiger charge is -2.25. The fourth-order valence-electron chi connectivity index (χ4n) is 3.31. The molecule has 0 aliphatic rings. The van der Waals surface area contributed by atoms with Gasteiger partial charge in [0.2, 0.25) is 11.0 Å². The summed E-state index contributed by atoms with van der Waals surface area (Å²) in [6.07, 6.45) is 0. The number of nitrogens with zero attached hydrogens (tertiary/aromatic N) is 3. The van der Waals surface area contributed by atoms with Gasteiger partial charge in [0.1, 0.15) is 11.6 Å². The van der Waals surface area contributed by atoms with Crippen molar-refractivity contribution in [1.29, 1.82) is 0 Å². The fourth-order valence-corrected chi connectivity index (χ4v) is 5.91. The number of anilines is 2. The van der Waals surface area contributed by atoms with Crippen molar-refractivity contribution >= 4 is 61.3 Å². The van der Waals surface area contributed by atoms with Crippen molar-refractivity contribution < 1.29 is 13.2 Å². The zero-order chi connectivity index (χ0) is 25.2. The van der Waals surface area contributed by atoms with Crippen molar-refractivity contribution in [3.8, 4) is 10.6 Å². The summed E-state index contributed by atoms with van der Waals surface area (Å²) in [5, 5.41) is 12.7. The van der Waals surface area contributed by atoms with E-state index in [-0.39, 0.29) is 10.0 Å². The van der Waals surface area contributed by atoms with Crippen molar-refractivity contribution in [2.45, 2.75) is 18.7 Å². The van der Waals surface area contributed by atoms with E-state index in [4.69, 9.17) is 23.2 Å². The van der Waals surface area contributed by atoms with Gasteiger partial charge < -0.3 is 0 Å². The zero-order valence-electron chi connectivity index (χ0n) is 18.7. The van der Waals surface area contributed by atoms with Gasteiger partial charge in [-0.1, -0.05) is 64.4 Å². The molecule has 0 saturated carbocycles. The molecule has 4 rings (SSSR count). The Morgan fingerprint density at radius 2 is 1.60 bits per heavy atom. The lowest BCUT2D eigenvalue weighted by atomic mass is 10.2. The molecule has 11 heteroatoms. The van der Waals surface area contributed by atoms with Gasteiger partial charge in [0.15, 0.2) is 0 Å². The minimum absolute atomic E-state index is 0.0752. The summed E-state index contributed by atoms with van der Waals surface area (Å²) in [6, 6.07) is 18.3. The minimum atomic E-state index is -4.05. The first-order valence-corrected chi connectivity index (χ1v) is 13.4. The predicted molar refractivity (Wildman–Crippen MR) is 141 cm³/mol. The van der Waals surface area contributed by atoms with Crippen LogP contribution in [0.2, 0.25) is 10.0 Å². The summed E-state index contributed by atoms with van der Waals surface area (Å²) in [5.41, 5.74) is 2.68. The summed E-state index contributed by atoms with van der Waals surface area (Å²) in [6.45, 7) is 3.14. The van der Waals surface area contributed by atoms with Crippen LogP contribution in [-0.2, 0) is 14.8 Å². The molecule has 1 N–H and O–H groups in total. The third-order valence-electron chi connectivity index (χ3n) is 5.09. The van der Waals surface area contributed by atoms with Gasteiger partial charge in [-0.2, -0.15) is 0 Å². The molecule has 35 heavy (non-hydrogen) atoms. The molecule has 0 spiro atoms. The molecule has 0 atom stereocenters. The van der Waals surface area contributed by atoms with Crippen molar-refractivity contribution in [3.05, 3.63) is 87.9 Å². The number of sulfonamides is 1. The number of carbonyl (C=O) groups excluding carboxylic acids is 1. The standard InChI is InChI=1S/C24H20Cl2N4O3S2/c1-15-3-10-20(11-4-15)35(32,33)30(21-12-9-19(26)13-16(21)2)14-22(31)27-24-29-28-23(34-24)17-5-7-18(25)8-6-17/h3-13H,14H2,1-2H3,(H,27,29,31). The quantitative estimate of drug-likeness (QED) is 0.308. The molecule has 4 aromatic rings. The van der Waals surface area contributed by atoms with Crippen LogP contribution in [0.4, 0.5) is 10.8 Å². The van der Waals surface area contributed by atoms with Crippen molar-refractivity contribution in [3.63, 3.8) is 0 Å². The third kappa shape index (κ3) is 5.82. The number of aryl methyl sites for hydroxylation is 2. The molecule has 0 saturated heterocycles. The number of hydrogen-bond acceptors (Lipinski definition) is 6. The van der Waals surface area contributed by atoms with Crippen LogP contribution in [0.3, 0.4) is 0 Å². The Hall–Kier alpha value is -2.98. The monoisotopic (exact) mass is 546 g/mol. The lowest BCUT2D eigenvalue weighted by Crippen LogP contribution is -2.38. The summed E-state index contributed by atoms with van der Waals surface area (Å²) >= 11 is 13.2. The van der Waals surface area contributed by atoms with Gasteiger partial charge >= 0.3 is 0 Å². The van der Waals surface area contributed by atoms with Crippen LogP contribution in [0.5, 0.6) is 0 Å². The first kappa shape index (κ1) is 25.1. The van der Waals surface area contributed by atoms with E-state index in [9.17, 15) is 13.2 Å². The van der Waals surface area contributed by atoms with Gasteiger partial charge in [0.25, 0.3) is 10.0 Å². The number of aromatic nitrogens is 2. The van der Waals surface area contributed by atoms with E-state index in [1.54, 1.807) is 61.5 Å². The Bertz CT molecular complexity index is 1470. The van der Waals surface area contributed by atoms with Crippen LogP contribution in [0, 0.1) is 13.8 Å². The van der Waals surface area contributed by atoms with E-state index in [2.05, 4.69) is 15.5 Å². The molecule has 0 aliphatic carbocycles. The normalized spacial score (nSPS) is 11.3. The van der Waals surface area contributed by atoms with Crippen LogP contribution >= 0.6 is 34.5 Å². The summed E-state index contributed by atoms with van der Waals surface area (Å²) in [4.78, 5) is 13.1. The number of nitrogens with one attached hydrogen (secondary N) is 1. The predicted octanol–water partition coefficient (Wildman–Crippen LogP) is 5.96. The summed E-state index contributed by atoms with van der Waals surface area (Å²) in [7, 11) is -4.05. The number of rotatable bonds is 7. The van der Waals surface area contributed by atoms with E-state index in [0.29, 0.717) is 26.3 Å². The SMILES string of the molecule is Cc1ccc(S(=O)(=O)N(CC(=O)Nc2nnc(-c3ccc(Cl)cc3)s2)c2ccc(Cl)cc2C)cc1. The van der Waals surface area contributed by atoms with Crippen LogP contribution in [0.15, 0.2) is 71.6 Å². The highest BCUT2D eigenvalue weighted by Crippen LogP contribution is 2.30. The molecule has 1 heterocycles.